The van der Waals surface area contributed by atoms with Crippen molar-refractivity contribution >= 4 is 41.6 Å². The Balaban J connectivity index is 0.841. The SMILES string of the molecule is NC1[C@@H](O[C@@H]2CO[C@@H](O[C@H]3C(COS(=O)(=O)O)O[C@H](O[C@@H]4CO[C@@H](O[C@@H]5C(COS(=O)(=O)O)O[C@H](O)C(N)[C@H]5O)C[C@@H]4O)C(N)[C@H]3O)C[C@@H]2O)OC(COS(=O)(=O)O)[C@@H](O[C@H]2C[C@H](O)[C@H](O[C@@H]3OC(COS(=O)(=O)O)[C@H](O[C@H]4C[C@H](O)[C@H](O)CO4)[C@H](O)C3N)CO2)[C@@H]1O. The Morgan fingerprint density at radius 1 is 0.323 bits per heavy atom. The van der Waals surface area contributed by atoms with Crippen LogP contribution in [0.25, 0.3) is 0 Å². The van der Waals surface area contributed by atoms with Gasteiger partial charge in [-0.1, -0.05) is 0 Å². The summed E-state index contributed by atoms with van der Waals surface area (Å²) in [6.07, 6.45) is -46.7. The quantitative estimate of drug-likeness (QED) is 0.0358. The molecular formula is C44H78N4O41S4. The molecular weight excluding hydrogens is 1370 g/mol. The number of hydrogen-bond donors (Lipinski definition) is 18. The molecule has 0 bridgehead atoms. The van der Waals surface area contributed by atoms with E-state index in [2.05, 4.69) is 16.7 Å². The van der Waals surface area contributed by atoms with Gasteiger partial charge in [-0.05, 0) is 0 Å². The molecule has 0 radical (unpaired) electrons. The molecule has 8 saturated heterocycles. The molecule has 45 nitrogen and oxygen atoms in total. The summed E-state index contributed by atoms with van der Waals surface area (Å²) in [5, 5.41) is 109. The van der Waals surface area contributed by atoms with Crippen LogP contribution in [0.2, 0.25) is 0 Å². The zero-order valence-electron chi connectivity index (χ0n) is 48.2. The van der Waals surface area contributed by atoms with Gasteiger partial charge in [0.1, 0.15) is 97.7 Å². The molecule has 32 atom stereocenters. The number of ether oxygens (including phenoxy) is 15. The second-order valence-corrected chi connectivity index (χ2v) is 26.9. The first-order valence-corrected chi connectivity index (χ1v) is 33.7. The zero-order chi connectivity index (χ0) is 68.4. The molecule has 8 aliphatic rings. The highest BCUT2D eigenvalue weighted by molar-refractivity contribution is 7.81. The molecule has 8 rings (SSSR count). The van der Waals surface area contributed by atoms with Crippen molar-refractivity contribution in [2.24, 2.45) is 22.9 Å². The number of aliphatic hydroxyl groups excluding tert-OH is 10. The highest BCUT2D eigenvalue weighted by atomic mass is 32.3. The molecule has 93 heavy (non-hydrogen) atoms. The fourth-order valence-corrected chi connectivity index (χ4v) is 12.1. The number of hydrogen-bond acceptors (Lipinski definition) is 41. The molecule has 0 aromatic rings. The minimum Gasteiger partial charge on any atom is -0.390 e. The Morgan fingerprint density at radius 3 is 0.828 bits per heavy atom. The number of rotatable bonds is 26. The summed E-state index contributed by atoms with van der Waals surface area (Å²) in [6.45, 7) is -6.30. The van der Waals surface area contributed by atoms with Crippen LogP contribution >= 0.6 is 0 Å². The standard InChI is InChI=1S/C44H78N4O41S4/c45-29-33(54)37(21(79-41(29)58)9-75-90(59,60)61)87-26-2-14(50)18(6-72-26)80-43-31(47)35(56)39(23(84-43)11-77-92(65,66)67)89-28-4-16(52)20(8-74-28)82-44-32(48)36(57)40(24(85-44)12-78-93(68,69)70)88-27-3-15(51)19(7-73-27)81-42-30(46)34(55)38(22(83-42)10-76-91(62,63)64)86-25-1-13(49)17(53)5-71-25/h13-44,49-58H,1-12,45-48H2,(H,59,60,61)(H,62,63,64)(H,65,66,67)(H,68,69,70)/t13-,14-,15-,16-,17+,18+,19+,20+,21?,22?,23?,24?,25-,26-,27-,28-,29?,30?,31?,32?,33+,34+,35+,36+,37+,38-,39-,40+,41-,42+,43-,44-/m0/s1. The minimum absolute atomic E-state index is 0.304. The molecule has 49 heteroatoms. The van der Waals surface area contributed by atoms with Crippen molar-refractivity contribution in [1.82, 2.24) is 0 Å². The van der Waals surface area contributed by atoms with Crippen molar-refractivity contribution in [2.45, 2.75) is 222 Å². The molecule has 8 fully saturated rings. The lowest BCUT2D eigenvalue weighted by atomic mass is 9.96. The van der Waals surface area contributed by atoms with Gasteiger partial charge in [0.2, 0.25) is 0 Å². The Kier molecular flexibility index (Phi) is 26.8. The van der Waals surface area contributed by atoms with E-state index >= 15 is 0 Å². The van der Waals surface area contributed by atoms with Gasteiger partial charge in [-0.3, -0.25) is 18.2 Å². The minimum atomic E-state index is -5.23. The largest absolute Gasteiger partial charge is 0.397 e. The predicted molar refractivity (Wildman–Crippen MR) is 284 cm³/mol. The fraction of sp³-hybridized carbons (Fsp3) is 1.00. The summed E-state index contributed by atoms with van der Waals surface area (Å²) in [5.74, 6) is 0. The summed E-state index contributed by atoms with van der Waals surface area (Å²) >= 11 is 0. The molecule has 8 heterocycles. The third-order valence-corrected chi connectivity index (χ3v) is 17.6. The average Bonchev–Trinajstić information content (AvgIpc) is 0.872. The van der Waals surface area contributed by atoms with Crippen molar-refractivity contribution in [3.05, 3.63) is 0 Å². The maximum Gasteiger partial charge on any atom is 0.397 e. The molecule has 544 valence electrons. The van der Waals surface area contributed by atoms with Gasteiger partial charge in [-0.15, -0.1) is 0 Å². The first-order valence-electron chi connectivity index (χ1n) is 28.3. The highest BCUT2D eigenvalue weighted by Gasteiger charge is 2.54. The van der Waals surface area contributed by atoms with E-state index in [4.69, 9.17) is 98.5 Å². The maximum atomic E-state index is 11.8. The third kappa shape index (κ3) is 21.2. The van der Waals surface area contributed by atoms with Crippen LogP contribution in [0.15, 0.2) is 0 Å². The normalized spacial score (nSPS) is 46.0. The van der Waals surface area contributed by atoms with E-state index in [9.17, 15) is 98.4 Å². The molecule has 0 saturated carbocycles. The first kappa shape index (κ1) is 77.1. The van der Waals surface area contributed by atoms with Crippen molar-refractivity contribution < 1.29 is 191 Å². The average molecular weight is 1450 g/mol. The van der Waals surface area contributed by atoms with Gasteiger partial charge in [-0.2, -0.15) is 33.7 Å². The van der Waals surface area contributed by atoms with Crippen molar-refractivity contribution in [3.63, 3.8) is 0 Å². The molecule has 0 amide bonds. The molecule has 0 spiro atoms. The van der Waals surface area contributed by atoms with E-state index in [1.807, 2.05) is 0 Å². The van der Waals surface area contributed by atoms with Crippen LogP contribution in [0.5, 0.6) is 0 Å². The van der Waals surface area contributed by atoms with Gasteiger partial charge in [0.05, 0.1) is 101 Å². The van der Waals surface area contributed by atoms with Crippen LogP contribution in [0.3, 0.4) is 0 Å². The Morgan fingerprint density at radius 2 is 0.570 bits per heavy atom. The van der Waals surface area contributed by atoms with E-state index in [-0.39, 0.29) is 13.0 Å². The second kappa shape index (κ2) is 32.3. The third-order valence-electron chi connectivity index (χ3n) is 15.8. The van der Waals surface area contributed by atoms with Crippen molar-refractivity contribution in [3.8, 4) is 0 Å². The molecule has 22 N–H and O–H groups in total. The van der Waals surface area contributed by atoms with Crippen LogP contribution in [0.4, 0.5) is 0 Å². The van der Waals surface area contributed by atoms with E-state index in [1.165, 1.54) is 0 Å². The number of nitrogens with two attached hydrogens (primary N) is 4. The lowest BCUT2D eigenvalue weighted by Crippen LogP contribution is -2.66. The van der Waals surface area contributed by atoms with E-state index in [0.29, 0.717) is 0 Å². The number of aliphatic hydroxyl groups is 10. The molecule has 8 aliphatic heterocycles. The Labute approximate surface area is 528 Å². The summed E-state index contributed by atoms with van der Waals surface area (Å²) in [6, 6.07) is -6.29. The molecule has 0 aliphatic carbocycles. The van der Waals surface area contributed by atoms with Crippen LogP contribution in [0.1, 0.15) is 25.7 Å². The van der Waals surface area contributed by atoms with Crippen LogP contribution in [0, 0.1) is 0 Å². The van der Waals surface area contributed by atoms with Crippen LogP contribution < -0.4 is 22.9 Å². The summed E-state index contributed by atoms with van der Waals surface area (Å²) < 4.78 is 233. The zero-order valence-corrected chi connectivity index (χ0v) is 51.5. The Hall–Kier alpha value is -1.68. The summed E-state index contributed by atoms with van der Waals surface area (Å²) in [5.41, 5.74) is 24.7. The van der Waals surface area contributed by atoms with E-state index in [1.54, 1.807) is 0 Å². The summed E-state index contributed by atoms with van der Waals surface area (Å²) in [7, 11) is -20.6. The topological polar surface area (TPSA) is 699 Å². The van der Waals surface area contributed by atoms with Crippen LogP contribution in [-0.4, -0.2) is 352 Å². The monoisotopic (exact) mass is 1450 g/mol. The van der Waals surface area contributed by atoms with E-state index in [0.717, 1.165) is 0 Å². The van der Waals surface area contributed by atoms with E-state index < -0.39 is 304 Å². The van der Waals surface area contributed by atoms with Gasteiger partial charge in [0, 0.05) is 25.7 Å². The van der Waals surface area contributed by atoms with Crippen molar-refractivity contribution in [1.29, 1.82) is 0 Å². The summed E-state index contributed by atoms with van der Waals surface area (Å²) in [4.78, 5) is 0. The lowest BCUT2D eigenvalue weighted by Gasteiger charge is -2.47. The second-order valence-electron chi connectivity index (χ2n) is 22.6. The smallest absolute Gasteiger partial charge is 0.390 e. The molecule has 8 unspecified atom stereocenters. The van der Waals surface area contributed by atoms with Crippen molar-refractivity contribution in [2.75, 3.05) is 52.9 Å². The Bertz CT molecular complexity index is 2850. The first-order chi connectivity index (χ1) is 43.3. The molecule has 0 aromatic heterocycles. The van der Waals surface area contributed by atoms with Gasteiger partial charge < -0.3 is 145 Å². The van der Waals surface area contributed by atoms with Gasteiger partial charge in [0.25, 0.3) is 0 Å². The molecule has 0 aromatic carbocycles. The highest BCUT2D eigenvalue weighted by Crippen LogP contribution is 2.36. The van der Waals surface area contributed by atoms with Gasteiger partial charge in [0.15, 0.2) is 50.3 Å². The van der Waals surface area contributed by atoms with Crippen LogP contribution in [-0.2, 0) is 129 Å². The fourth-order valence-electron chi connectivity index (χ4n) is 10.9. The van der Waals surface area contributed by atoms with Gasteiger partial charge in [-0.25, -0.2) is 16.7 Å². The maximum absolute atomic E-state index is 11.8. The van der Waals surface area contributed by atoms with Gasteiger partial charge >= 0.3 is 41.6 Å². The predicted octanol–water partition coefficient (Wildman–Crippen LogP) is -12.6. The lowest BCUT2D eigenvalue weighted by molar-refractivity contribution is -0.350.